The monoisotopic (exact) mass is 414 g/mol. The Kier molecular flexibility index (Phi) is 4.83. The van der Waals surface area contributed by atoms with Crippen LogP contribution in [0, 0.1) is 5.92 Å². The number of nitrogens with zero attached hydrogens (tertiary/aromatic N) is 2. The van der Waals surface area contributed by atoms with Crippen molar-refractivity contribution >= 4 is 27.3 Å². The normalized spacial score (nSPS) is 15.8. The van der Waals surface area contributed by atoms with Crippen LogP contribution in [-0.4, -0.2) is 15.3 Å². The summed E-state index contributed by atoms with van der Waals surface area (Å²) in [6, 6.07) is 17.6. The van der Waals surface area contributed by atoms with Crippen LogP contribution in [0.4, 0.5) is 0 Å². The van der Waals surface area contributed by atoms with Gasteiger partial charge in [-0.3, -0.25) is 14.2 Å². The van der Waals surface area contributed by atoms with E-state index in [0.717, 1.165) is 46.2 Å². The molecule has 2 heterocycles. The topological polar surface area (TPSA) is 52.0 Å². The Morgan fingerprint density at radius 1 is 1.10 bits per heavy atom. The van der Waals surface area contributed by atoms with Crippen molar-refractivity contribution in [3.8, 4) is 11.1 Å². The number of carbonyl (C=O) groups is 1. The van der Waals surface area contributed by atoms with Crippen LogP contribution in [0.2, 0.25) is 0 Å². The maximum Gasteiger partial charge on any atom is 0.262 e. The molecule has 0 unspecified atom stereocenters. The zero-order valence-corrected chi connectivity index (χ0v) is 17.6. The third kappa shape index (κ3) is 3.39. The van der Waals surface area contributed by atoms with Crippen LogP contribution in [0.5, 0.6) is 0 Å². The van der Waals surface area contributed by atoms with Crippen LogP contribution in [0.15, 0.2) is 65.7 Å². The number of hydrogen-bond donors (Lipinski definition) is 0. The lowest BCUT2D eigenvalue weighted by molar-refractivity contribution is 0.0970. The smallest absolute Gasteiger partial charge is 0.262 e. The molecule has 2 aromatic heterocycles. The molecule has 0 amide bonds. The van der Waals surface area contributed by atoms with Crippen molar-refractivity contribution in [3.63, 3.8) is 0 Å². The van der Waals surface area contributed by atoms with Crippen LogP contribution >= 0.6 is 11.3 Å². The van der Waals surface area contributed by atoms with Gasteiger partial charge in [-0.25, -0.2) is 4.98 Å². The van der Waals surface area contributed by atoms with Crippen molar-refractivity contribution in [1.29, 1.82) is 0 Å². The van der Waals surface area contributed by atoms with Crippen molar-refractivity contribution in [1.82, 2.24) is 9.55 Å². The Balaban J connectivity index is 1.42. The fraction of sp³-hybridized carbons (Fsp3) is 0.240. The molecule has 0 radical (unpaired) electrons. The molecule has 1 aliphatic carbocycles. The van der Waals surface area contributed by atoms with Crippen molar-refractivity contribution in [3.05, 3.63) is 87.3 Å². The second kappa shape index (κ2) is 7.65. The number of fused-ring (bicyclic) bond motifs is 3. The van der Waals surface area contributed by atoms with Gasteiger partial charge in [-0.1, -0.05) is 61.5 Å². The zero-order chi connectivity index (χ0) is 20.7. The lowest BCUT2D eigenvalue weighted by atomic mass is 9.89. The summed E-state index contributed by atoms with van der Waals surface area (Å²) in [6.07, 6.45) is 4.56. The van der Waals surface area contributed by atoms with Gasteiger partial charge in [0.25, 0.3) is 5.56 Å². The summed E-state index contributed by atoms with van der Waals surface area (Å²) in [4.78, 5) is 32.6. The number of benzene rings is 2. The van der Waals surface area contributed by atoms with Crippen LogP contribution in [0.1, 0.15) is 34.1 Å². The summed E-state index contributed by atoms with van der Waals surface area (Å²) in [5.41, 5.74) is 3.83. The van der Waals surface area contributed by atoms with E-state index < -0.39 is 0 Å². The van der Waals surface area contributed by atoms with Gasteiger partial charge in [-0.05, 0) is 41.9 Å². The van der Waals surface area contributed by atoms with E-state index in [9.17, 15) is 9.59 Å². The number of aryl methyl sites for hydroxylation is 1. The maximum absolute atomic E-state index is 13.1. The largest absolute Gasteiger partial charge is 0.292 e. The van der Waals surface area contributed by atoms with E-state index >= 15 is 0 Å². The standard InChI is InChI=1S/C25H22N2O2S/c1-16-7-12-20-22(13-16)30-24-23(20)25(29)27(15-26-24)14-21(28)19-10-8-18(9-11-19)17-5-3-2-4-6-17/h2-6,8-11,15-16H,7,12-14H2,1H3/t16-/m1/s1. The minimum atomic E-state index is -0.0960. The van der Waals surface area contributed by atoms with Crippen LogP contribution in [-0.2, 0) is 19.4 Å². The number of hydrogen-bond acceptors (Lipinski definition) is 4. The Labute approximate surface area is 178 Å². The second-order valence-electron chi connectivity index (χ2n) is 8.08. The third-order valence-corrected chi connectivity index (χ3v) is 7.07. The number of thiophene rings is 1. The van der Waals surface area contributed by atoms with Gasteiger partial charge in [0.15, 0.2) is 5.78 Å². The highest BCUT2D eigenvalue weighted by Crippen LogP contribution is 2.35. The second-order valence-corrected chi connectivity index (χ2v) is 9.16. The first kappa shape index (κ1) is 18.9. The van der Waals surface area contributed by atoms with Gasteiger partial charge in [0.2, 0.25) is 0 Å². The van der Waals surface area contributed by atoms with Crippen LogP contribution in [0.25, 0.3) is 21.3 Å². The molecule has 0 aliphatic heterocycles. The highest BCUT2D eigenvalue weighted by atomic mass is 32.1. The van der Waals surface area contributed by atoms with E-state index in [-0.39, 0.29) is 17.9 Å². The molecule has 1 aliphatic rings. The number of carbonyl (C=O) groups excluding carboxylic acids is 1. The molecule has 0 bridgehead atoms. The highest BCUT2D eigenvalue weighted by Gasteiger charge is 2.23. The lowest BCUT2D eigenvalue weighted by Gasteiger charge is -2.17. The van der Waals surface area contributed by atoms with Gasteiger partial charge in [-0.15, -0.1) is 11.3 Å². The molecule has 0 saturated carbocycles. The Bertz CT molecular complexity index is 1290. The predicted molar refractivity (Wildman–Crippen MR) is 121 cm³/mol. The molecule has 0 saturated heterocycles. The van der Waals surface area contributed by atoms with Gasteiger partial charge in [-0.2, -0.15) is 0 Å². The fourth-order valence-corrected chi connectivity index (χ4v) is 5.54. The summed E-state index contributed by atoms with van der Waals surface area (Å²) in [5, 5.41) is 0.719. The van der Waals surface area contributed by atoms with Crippen molar-refractivity contribution < 1.29 is 4.79 Å². The van der Waals surface area contributed by atoms with Crippen molar-refractivity contribution in [2.24, 2.45) is 5.92 Å². The van der Waals surface area contributed by atoms with Gasteiger partial charge in [0, 0.05) is 10.4 Å². The molecular weight excluding hydrogens is 392 g/mol. The molecule has 5 rings (SSSR count). The van der Waals surface area contributed by atoms with Crippen molar-refractivity contribution in [2.45, 2.75) is 32.7 Å². The maximum atomic E-state index is 13.1. The van der Waals surface area contributed by atoms with Crippen LogP contribution in [0.3, 0.4) is 0 Å². The zero-order valence-electron chi connectivity index (χ0n) is 16.8. The van der Waals surface area contributed by atoms with Crippen LogP contribution < -0.4 is 5.56 Å². The summed E-state index contributed by atoms with van der Waals surface area (Å²) in [7, 11) is 0. The lowest BCUT2D eigenvalue weighted by Crippen LogP contribution is -2.25. The molecule has 5 heteroatoms. The first-order valence-corrected chi connectivity index (χ1v) is 11.1. The molecule has 2 aromatic carbocycles. The molecule has 150 valence electrons. The molecule has 30 heavy (non-hydrogen) atoms. The molecule has 4 nitrogen and oxygen atoms in total. The van der Waals surface area contributed by atoms with E-state index in [2.05, 4.69) is 11.9 Å². The van der Waals surface area contributed by atoms with E-state index in [1.54, 1.807) is 11.3 Å². The van der Waals surface area contributed by atoms with Crippen molar-refractivity contribution in [2.75, 3.05) is 0 Å². The van der Waals surface area contributed by atoms with E-state index in [1.165, 1.54) is 15.8 Å². The minimum Gasteiger partial charge on any atom is -0.292 e. The molecule has 4 aromatic rings. The number of ketones is 1. The van der Waals surface area contributed by atoms with Gasteiger partial charge in [0.05, 0.1) is 18.3 Å². The SMILES string of the molecule is C[C@@H]1CCc2c(sc3ncn(CC(=O)c4ccc(-c5ccccc5)cc4)c(=O)c23)C1. The van der Waals surface area contributed by atoms with E-state index in [0.29, 0.717) is 11.5 Å². The molecule has 0 N–H and O–H groups in total. The summed E-state index contributed by atoms with van der Waals surface area (Å²) < 4.78 is 1.46. The molecule has 0 fully saturated rings. The highest BCUT2D eigenvalue weighted by molar-refractivity contribution is 7.18. The average molecular weight is 415 g/mol. The van der Waals surface area contributed by atoms with E-state index in [1.807, 2.05) is 54.6 Å². The summed E-state index contributed by atoms with van der Waals surface area (Å²) in [6.45, 7) is 2.26. The van der Waals surface area contributed by atoms with Gasteiger partial charge in [0.1, 0.15) is 4.83 Å². The number of aromatic nitrogens is 2. The minimum absolute atomic E-state index is 0.00742. The number of Topliss-reactive ketones (excluding diaryl/α,β-unsaturated/α-hetero) is 1. The summed E-state index contributed by atoms with van der Waals surface area (Å²) in [5.74, 6) is 0.559. The van der Waals surface area contributed by atoms with E-state index in [4.69, 9.17) is 0 Å². The summed E-state index contributed by atoms with van der Waals surface area (Å²) >= 11 is 1.63. The third-order valence-electron chi connectivity index (χ3n) is 5.91. The first-order chi connectivity index (χ1) is 14.6. The first-order valence-electron chi connectivity index (χ1n) is 10.3. The Hall–Kier alpha value is -3.05. The Morgan fingerprint density at radius 2 is 1.83 bits per heavy atom. The fourth-order valence-electron chi connectivity index (χ4n) is 4.20. The van der Waals surface area contributed by atoms with Gasteiger partial charge < -0.3 is 0 Å². The molecule has 1 atom stereocenters. The Morgan fingerprint density at radius 3 is 2.60 bits per heavy atom. The average Bonchev–Trinajstić information content (AvgIpc) is 3.14. The molecule has 0 spiro atoms. The quantitative estimate of drug-likeness (QED) is 0.435. The van der Waals surface area contributed by atoms with Gasteiger partial charge >= 0.3 is 0 Å². The predicted octanol–water partition coefficient (Wildman–Crippen LogP) is 5.13. The molecular formula is C25H22N2O2S. The number of rotatable bonds is 4.